The van der Waals surface area contributed by atoms with Crippen LogP contribution in [0.25, 0.3) is 0 Å². The summed E-state index contributed by atoms with van der Waals surface area (Å²) >= 11 is 0. The SMILES string of the molecule is COCc1c(OC)ccc(OC)c1C1(O)CC1. The zero-order valence-electron chi connectivity index (χ0n) is 10.4. The Balaban J connectivity index is 2.56. The van der Waals surface area contributed by atoms with E-state index >= 15 is 0 Å². The topological polar surface area (TPSA) is 47.9 Å². The first kappa shape index (κ1) is 12.2. The van der Waals surface area contributed by atoms with Gasteiger partial charge in [-0.2, -0.15) is 0 Å². The summed E-state index contributed by atoms with van der Waals surface area (Å²) < 4.78 is 15.8. The monoisotopic (exact) mass is 238 g/mol. The van der Waals surface area contributed by atoms with Gasteiger partial charge in [-0.3, -0.25) is 0 Å². The quantitative estimate of drug-likeness (QED) is 0.850. The average Bonchev–Trinajstić information content (AvgIpc) is 3.08. The number of hydrogen-bond acceptors (Lipinski definition) is 4. The molecule has 0 spiro atoms. The van der Waals surface area contributed by atoms with Crippen LogP contribution < -0.4 is 9.47 Å². The lowest BCUT2D eigenvalue weighted by atomic mass is 9.98. The fourth-order valence-electron chi connectivity index (χ4n) is 2.13. The van der Waals surface area contributed by atoms with E-state index < -0.39 is 5.60 Å². The van der Waals surface area contributed by atoms with E-state index in [-0.39, 0.29) is 0 Å². The fourth-order valence-corrected chi connectivity index (χ4v) is 2.13. The van der Waals surface area contributed by atoms with Gasteiger partial charge >= 0.3 is 0 Å². The number of hydrogen-bond donors (Lipinski definition) is 1. The predicted molar refractivity (Wildman–Crippen MR) is 63.4 cm³/mol. The summed E-state index contributed by atoms with van der Waals surface area (Å²) in [4.78, 5) is 0. The molecule has 0 aromatic heterocycles. The zero-order chi connectivity index (χ0) is 12.5. The number of benzene rings is 1. The highest BCUT2D eigenvalue weighted by Crippen LogP contribution is 2.51. The molecule has 0 saturated heterocycles. The van der Waals surface area contributed by atoms with Crippen LogP contribution in [0.5, 0.6) is 11.5 Å². The summed E-state index contributed by atoms with van der Waals surface area (Å²) in [5.41, 5.74) is 0.906. The first-order chi connectivity index (χ1) is 8.16. The van der Waals surface area contributed by atoms with Gasteiger partial charge in [-0.05, 0) is 25.0 Å². The molecule has 94 valence electrons. The Labute approximate surface area is 101 Å². The maximum Gasteiger partial charge on any atom is 0.125 e. The second-order valence-electron chi connectivity index (χ2n) is 4.29. The van der Waals surface area contributed by atoms with Gasteiger partial charge in [-0.1, -0.05) is 0 Å². The summed E-state index contributed by atoms with van der Waals surface area (Å²) in [5, 5.41) is 10.3. The van der Waals surface area contributed by atoms with Crippen molar-refractivity contribution in [1.29, 1.82) is 0 Å². The van der Waals surface area contributed by atoms with Crippen molar-refractivity contribution >= 4 is 0 Å². The molecule has 4 nitrogen and oxygen atoms in total. The molecule has 1 N–H and O–H groups in total. The highest BCUT2D eigenvalue weighted by molar-refractivity contribution is 5.53. The summed E-state index contributed by atoms with van der Waals surface area (Å²) in [6.07, 6.45) is 1.51. The van der Waals surface area contributed by atoms with Crippen LogP contribution in [-0.2, 0) is 16.9 Å². The Morgan fingerprint density at radius 3 is 2.18 bits per heavy atom. The number of ether oxygens (including phenoxy) is 3. The highest BCUT2D eigenvalue weighted by atomic mass is 16.5. The van der Waals surface area contributed by atoms with Crippen LogP contribution in [-0.4, -0.2) is 26.4 Å². The molecular formula is C13H18O4. The van der Waals surface area contributed by atoms with E-state index in [4.69, 9.17) is 14.2 Å². The van der Waals surface area contributed by atoms with E-state index in [1.807, 2.05) is 12.1 Å². The predicted octanol–water partition coefficient (Wildman–Crippen LogP) is 1.83. The minimum atomic E-state index is -0.770. The minimum Gasteiger partial charge on any atom is -0.496 e. The molecule has 0 radical (unpaired) electrons. The Kier molecular flexibility index (Phi) is 3.26. The molecule has 1 fully saturated rings. The lowest BCUT2D eigenvalue weighted by Gasteiger charge is -2.20. The molecule has 0 amide bonds. The van der Waals surface area contributed by atoms with Gasteiger partial charge in [-0.15, -0.1) is 0 Å². The van der Waals surface area contributed by atoms with Gasteiger partial charge in [0.1, 0.15) is 11.5 Å². The highest BCUT2D eigenvalue weighted by Gasteiger charge is 2.46. The summed E-state index contributed by atoms with van der Waals surface area (Å²) in [7, 11) is 4.84. The van der Waals surface area contributed by atoms with Crippen LogP contribution in [0.4, 0.5) is 0 Å². The Morgan fingerprint density at radius 2 is 1.71 bits per heavy atom. The van der Waals surface area contributed by atoms with Crippen LogP contribution in [0, 0.1) is 0 Å². The normalized spacial score (nSPS) is 16.7. The second-order valence-corrected chi connectivity index (χ2v) is 4.29. The van der Waals surface area contributed by atoms with Crippen LogP contribution in [0.15, 0.2) is 12.1 Å². The van der Waals surface area contributed by atoms with E-state index in [9.17, 15) is 5.11 Å². The van der Waals surface area contributed by atoms with E-state index in [2.05, 4.69) is 0 Å². The summed E-state index contributed by atoms with van der Waals surface area (Å²) in [6, 6.07) is 3.66. The van der Waals surface area contributed by atoms with Crippen molar-refractivity contribution in [3.8, 4) is 11.5 Å². The molecule has 0 atom stereocenters. The summed E-state index contributed by atoms with van der Waals surface area (Å²) in [5.74, 6) is 1.42. The van der Waals surface area contributed by atoms with E-state index in [1.165, 1.54) is 0 Å². The number of methoxy groups -OCH3 is 3. The molecular weight excluding hydrogens is 220 g/mol. The second kappa shape index (κ2) is 4.55. The molecule has 0 aliphatic heterocycles. The molecule has 0 unspecified atom stereocenters. The molecule has 1 aliphatic carbocycles. The van der Waals surface area contributed by atoms with Crippen molar-refractivity contribution < 1.29 is 19.3 Å². The maximum absolute atomic E-state index is 10.3. The third kappa shape index (κ3) is 2.10. The standard InChI is InChI=1S/C13H18O4/c1-15-8-9-10(16-2)4-5-11(17-3)12(9)13(14)6-7-13/h4-5,14H,6-8H2,1-3H3. The first-order valence-corrected chi connectivity index (χ1v) is 5.62. The van der Waals surface area contributed by atoms with Crippen molar-refractivity contribution in [1.82, 2.24) is 0 Å². The van der Waals surface area contributed by atoms with Crippen LogP contribution in [0.2, 0.25) is 0 Å². The van der Waals surface area contributed by atoms with Crippen molar-refractivity contribution in [3.05, 3.63) is 23.3 Å². The Morgan fingerprint density at radius 1 is 1.12 bits per heavy atom. The smallest absolute Gasteiger partial charge is 0.125 e. The number of rotatable bonds is 5. The Bertz CT molecular complexity index is 410. The molecule has 0 heterocycles. The van der Waals surface area contributed by atoms with Gasteiger partial charge in [-0.25, -0.2) is 0 Å². The average molecular weight is 238 g/mol. The molecule has 2 rings (SSSR count). The van der Waals surface area contributed by atoms with Gasteiger partial charge < -0.3 is 19.3 Å². The lowest BCUT2D eigenvalue weighted by molar-refractivity contribution is 0.136. The lowest BCUT2D eigenvalue weighted by Crippen LogP contribution is -2.12. The van der Waals surface area contributed by atoms with Crippen LogP contribution >= 0.6 is 0 Å². The van der Waals surface area contributed by atoms with Gasteiger partial charge in [0.05, 0.1) is 26.4 Å². The van der Waals surface area contributed by atoms with Crippen molar-refractivity contribution in [2.24, 2.45) is 0 Å². The van der Waals surface area contributed by atoms with E-state index in [0.717, 1.165) is 29.7 Å². The van der Waals surface area contributed by atoms with Gasteiger partial charge in [0.2, 0.25) is 0 Å². The number of aliphatic hydroxyl groups is 1. The zero-order valence-corrected chi connectivity index (χ0v) is 10.4. The van der Waals surface area contributed by atoms with Gasteiger partial charge in [0.15, 0.2) is 0 Å². The Hall–Kier alpha value is -1.26. The molecule has 1 aromatic carbocycles. The third-order valence-electron chi connectivity index (χ3n) is 3.15. The van der Waals surface area contributed by atoms with E-state index in [0.29, 0.717) is 12.4 Å². The molecule has 1 aromatic rings. The molecule has 0 bridgehead atoms. The molecule has 1 saturated carbocycles. The maximum atomic E-state index is 10.3. The first-order valence-electron chi connectivity index (χ1n) is 5.62. The summed E-state index contributed by atoms with van der Waals surface area (Å²) in [6.45, 7) is 0.401. The van der Waals surface area contributed by atoms with Crippen LogP contribution in [0.3, 0.4) is 0 Å². The van der Waals surface area contributed by atoms with Crippen molar-refractivity contribution in [2.75, 3.05) is 21.3 Å². The van der Waals surface area contributed by atoms with Crippen LogP contribution in [0.1, 0.15) is 24.0 Å². The molecule has 4 heteroatoms. The van der Waals surface area contributed by atoms with E-state index in [1.54, 1.807) is 21.3 Å². The molecule has 17 heavy (non-hydrogen) atoms. The molecule has 1 aliphatic rings. The third-order valence-corrected chi connectivity index (χ3v) is 3.15. The fraction of sp³-hybridized carbons (Fsp3) is 0.538. The van der Waals surface area contributed by atoms with Crippen molar-refractivity contribution in [2.45, 2.75) is 25.0 Å². The van der Waals surface area contributed by atoms with Gasteiger partial charge in [0, 0.05) is 18.2 Å². The minimum absolute atomic E-state index is 0.401. The largest absolute Gasteiger partial charge is 0.496 e. The van der Waals surface area contributed by atoms with Gasteiger partial charge in [0.25, 0.3) is 0 Å². The van der Waals surface area contributed by atoms with Crippen molar-refractivity contribution in [3.63, 3.8) is 0 Å².